The Morgan fingerprint density at radius 3 is 2.54 bits per heavy atom. The van der Waals surface area contributed by atoms with Gasteiger partial charge in [0.25, 0.3) is 5.91 Å². The highest BCUT2D eigenvalue weighted by molar-refractivity contribution is 6.36. The van der Waals surface area contributed by atoms with Gasteiger partial charge in [0.1, 0.15) is 6.61 Å². The van der Waals surface area contributed by atoms with Crippen LogP contribution in [-0.4, -0.2) is 26.2 Å². The van der Waals surface area contributed by atoms with Gasteiger partial charge in [-0.25, -0.2) is 0 Å². The van der Waals surface area contributed by atoms with Crippen molar-refractivity contribution in [3.8, 4) is 5.75 Å². The number of carbonyl (C=O) groups excluding carboxylic acids is 1. The third kappa shape index (κ3) is 5.03. The predicted molar refractivity (Wildman–Crippen MR) is 95.9 cm³/mol. The molecule has 0 saturated heterocycles. The van der Waals surface area contributed by atoms with E-state index in [0.717, 1.165) is 5.56 Å². The molecule has 0 spiro atoms. The molecule has 0 aromatic heterocycles. The largest absolute Gasteiger partial charge is 0.485 e. The number of anilines is 1. The molecule has 0 atom stereocenters. The van der Waals surface area contributed by atoms with Crippen LogP contribution in [0.1, 0.15) is 15.9 Å². The number of nitrogens with one attached hydrogen (secondary N) is 1. The van der Waals surface area contributed by atoms with E-state index in [4.69, 9.17) is 38.4 Å². The molecular weight excluding hydrogens is 351 g/mol. The number of hydrogen-bond donors (Lipinski definition) is 2. The van der Waals surface area contributed by atoms with Gasteiger partial charge in [-0.1, -0.05) is 35.3 Å². The Bertz CT molecular complexity index is 682. The number of halogens is 2. The van der Waals surface area contributed by atoms with Gasteiger partial charge in [-0.2, -0.15) is 0 Å². The normalized spacial score (nSPS) is 10.5. The van der Waals surface area contributed by atoms with E-state index in [9.17, 15) is 4.79 Å². The maximum atomic E-state index is 11.9. The molecule has 0 heterocycles. The number of amides is 1. The smallest absolute Gasteiger partial charge is 0.251 e. The minimum atomic E-state index is -0.149. The quantitative estimate of drug-likeness (QED) is 0.579. The maximum absolute atomic E-state index is 11.9. The second-order valence-electron chi connectivity index (χ2n) is 5.04. The van der Waals surface area contributed by atoms with Crippen molar-refractivity contribution in [2.24, 2.45) is 0 Å². The standard InChI is InChI=1S/C17H18Cl2N2O3/c1-23-7-6-21-17(22)12-4-2-11(3-5-12)10-24-16-14(19)8-13(18)9-15(16)20/h2-5,8-9H,6-7,10,20H2,1H3,(H,21,22). The monoisotopic (exact) mass is 368 g/mol. The first-order valence-electron chi connectivity index (χ1n) is 7.24. The van der Waals surface area contributed by atoms with E-state index >= 15 is 0 Å². The van der Waals surface area contributed by atoms with Crippen LogP contribution in [0.4, 0.5) is 5.69 Å². The lowest BCUT2D eigenvalue weighted by Crippen LogP contribution is -2.26. The van der Waals surface area contributed by atoms with Gasteiger partial charge < -0.3 is 20.5 Å². The molecule has 0 fully saturated rings. The van der Waals surface area contributed by atoms with Crippen molar-refractivity contribution in [3.63, 3.8) is 0 Å². The highest BCUT2D eigenvalue weighted by Crippen LogP contribution is 2.34. The summed E-state index contributed by atoms with van der Waals surface area (Å²) < 4.78 is 10.5. The fraction of sp³-hybridized carbons (Fsp3) is 0.235. The molecule has 0 aliphatic rings. The number of rotatable bonds is 7. The minimum absolute atomic E-state index is 0.149. The average molecular weight is 369 g/mol. The summed E-state index contributed by atoms with van der Waals surface area (Å²) in [5, 5.41) is 3.56. The molecular formula is C17H18Cl2N2O3. The Morgan fingerprint density at radius 2 is 1.92 bits per heavy atom. The molecule has 24 heavy (non-hydrogen) atoms. The molecule has 5 nitrogen and oxygen atoms in total. The lowest BCUT2D eigenvalue weighted by Gasteiger charge is -2.11. The van der Waals surface area contributed by atoms with Gasteiger partial charge in [-0.05, 0) is 29.8 Å². The zero-order valence-corrected chi connectivity index (χ0v) is 14.7. The Labute approximate surface area is 150 Å². The summed E-state index contributed by atoms with van der Waals surface area (Å²) in [7, 11) is 1.58. The van der Waals surface area contributed by atoms with E-state index in [1.54, 1.807) is 31.4 Å². The van der Waals surface area contributed by atoms with Gasteiger partial charge in [0.2, 0.25) is 0 Å². The van der Waals surface area contributed by atoms with Crippen LogP contribution >= 0.6 is 23.2 Å². The van der Waals surface area contributed by atoms with Crippen LogP contribution in [0.15, 0.2) is 36.4 Å². The van der Waals surface area contributed by atoms with Crippen molar-refractivity contribution in [3.05, 3.63) is 57.6 Å². The molecule has 0 radical (unpaired) electrons. The second-order valence-corrected chi connectivity index (χ2v) is 5.88. The van der Waals surface area contributed by atoms with Crippen LogP contribution in [0, 0.1) is 0 Å². The van der Waals surface area contributed by atoms with E-state index in [1.165, 1.54) is 0 Å². The van der Waals surface area contributed by atoms with Gasteiger partial charge >= 0.3 is 0 Å². The topological polar surface area (TPSA) is 73.6 Å². The minimum Gasteiger partial charge on any atom is -0.485 e. The molecule has 0 bridgehead atoms. The first-order valence-corrected chi connectivity index (χ1v) is 8.00. The molecule has 0 aliphatic heterocycles. The van der Waals surface area contributed by atoms with E-state index in [2.05, 4.69) is 5.32 Å². The van der Waals surface area contributed by atoms with E-state index < -0.39 is 0 Å². The van der Waals surface area contributed by atoms with Crippen LogP contribution in [-0.2, 0) is 11.3 Å². The Morgan fingerprint density at radius 1 is 1.21 bits per heavy atom. The summed E-state index contributed by atoms with van der Waals surface area (Å²) in [6, 6.07) is 10.2. The summed E-state index contributed by atoms with van der Waals surface area (Å²) >= 11 is 11.9. The van der Waals surface area contributed by atoms with Crippen LogP contribution < -0.4 is 15.8 Å². The van der Waals surface area contributed by atoms with Crippen LogP contribution in [0.5, 0.6) is 5.75 Å². The van der Waals surface area contributed by atoms with Gasteiger partial charge in [0, 0.05) is 24.2 Å². The van der Waals surface area contributed by atoms with Crippen molar-refractivity contribution in [1.29, 1.82) is 0 Å². The SMILES string of the molecule is COCCNC(=O)c1ccc(COc2c(N)cc(Cl)cc2Cl)cc1. The number of nitrogens with two attached hydrogens (primary N) is 1. The molecule has 0 saturated carbocycles. The molecule has 0 unspecified atom stereocenters. The highest BCUT2D eigenvalue weighted by Gasteiger charge is 2.09. The predicted octanol–water partition coefficient (Wildman–Crippen LogP) is 3.53. The van der Waals surface area contributed by atoms with Gasteiger partial charge in [-0.15, -0.1) is 0 Å². The third-order valence-electron chi connectivity index (χ3n) is 3.23. The number of nitrogen functional groups attached to an aromatic ring is 1. The lowest BCUT2D eigenvalue weighted by molar-refractivity contribution is 0.0937. The van der Waals surface area contributed by atoms with Gasteiger partial charge in [-0.3, -0.25) is 4.79 Å². The third-order valence-corrected chi connectivity index (χ3v) is 3.73. The van der Waals surface area contributed by atoms with Crippen molar-refractivity contribution in [2.45, 2.75) is 6.61 Å². The lowest BCUT2D eigenvalue weighted by atomic mass is 10.1. The Hall–Kier alpha value is -1.95. The zero-order chi connectivity index (χ0) is 17.5. The molecule has 0 aliphatic carbocycles. The van der Waals surface area contributed by atoms with Crippen molar-refractivity contribution in [2.75, 3.05) is 26.0 Å². The second kappa shape index (κ2) is 8.78. The molecule has 128 valence electrons. The van der Waals surface area contributed by atoms with Crippen LogP contribution in [0.25, 0.3) is 0 Å². The fourth-order valence-electron chi connectivity index (χ4n) is 2.01. The molecule has 7 heteroatoms. The van der Waals surface area contributed by atoms with E-state index in [-0.39, 0.29) is 12.5 Å². The van der Waals surface area contributed by atoms with Gasteiger partial charge in [0.15, 0.2) is 5.75 Å². The van der Waals surface area contributed by atoms with Crippen molar-refractivity contribution in [1.82, 2.24) is 5.32 Å². The Kier molecular flexibility index (Phi) is 6.73. The number of hydrogen-bond acceptors (Lipinski definition) is 4. The fourth-order valence-corrected chi connectivity index (χ4v) is 2.57. The maximum Gasteiger partial charge on any atom is 0.251 e. The van der Waals surface area contributed by atoms with Crippen LogP contribution in [0.3, 0.4) is 0 Å². The highest BCUT2D eigenvalue weighted by atomic mass is 35.5. The Balaban J connectivity index is 1.96. The van der Waals surface area contributed by atoms with Crippen molar-refractivity contribution >= 4 is 34.8 Å². The first-order chi connectivity index (χ1) is 11.5. The van der Waals surface area contributed by atoms with E-state index in [0.29, 0.717) is 40.2 Å². The summed E-state index contributed by atoms with van der Waals surface area (Å²) in [5.41, 5.74) is 7.68. The first kappa shape index (κ1) is 18.4. The number of carbonyl (C=O) groups is 1. The molecule has 2 aromatic rings. The zero-order valence-electron chi connectivity index (χ0n) is 13.1. The number of benzene rings is 2. The summed E-state index contributed by atoms with van der Waals surface area (Å²) in [4.78, 5) is 11.9. The molecule has 2 rings (SSSR count). The van der Waals surface area contributed by atoms with Crippen molar-refractivity contribution < 1.29 is 14.3 Å². The molecule has 3 N–H and O–H groups in total. The average Bonchev–Trinajstić information content (AvgIpc) is 2.54. The van der Waals surface area contributed by atoms with Crippen LogP contribution in [0.2, 0.25) is 10.0 Å². The molecule has 2 aromatic carbocycles. The summed E-state index contributed by atoms with van der Waals surface area (Å²) in [5.74, 6) is 0.243. The van der Waals surface area contributed by atoms with Gasteiger partial charge in [0.05, 0.1) is 17.3 Å². The summed E-state index contributed by atoms with van der Waals surface area (Å²) in [6.07, 6.45) is 0. The van der Waals surface area contributed by atoms with E-state index in [1.807, 2.05) is 12.1 Å². The summed E-state index contributed by atoms with van der Waals surface area (Å²) in [6.45, 7) is 1.21. The number of methoxy groups -OCH3 is 1. The number of ether oxygens (including phenoxy) is 2. The molecule has 1 amide bonds.